The number of amides is 1. The number of aromatic nitrogens is 1. The summed E-state index contributed by atoms with van der Waals surface area (Å²) in [5.74, 6) is 0.577. The van der Waals surface area contributed by atoms with E-state index in [1.54, 1.807) is 17.5 Å². The number of hydrogen-bond donors (Lipinski definition) is 1. The fourth-order valence-corrected chi connectivity index (χ4v) is 3.90. The zero-order valence-electron chi connectivity index (χ0n) is 11.0. The van der Waals surface area contributed by atoms with Crippen LogP contribution < -0.4 is 5.32 Å². The van der Waals surface area contributed by atoms with E-state index >= 15 is 0 Å². The molecular weight excluding hydrogens is 288 g/mol. The fourth-order valence-electron chi connectivity index (χ4n) is 2.26. The van der Waals surface area contributed by atoms with Crippen molar-refractivity contribution in [2.45, 2.75) is 19.3 Å². The highest BCUT2D eigenvalue weighted by Gasteiger charge is 2.15. The van der Waals surface area contributed by atoms with Gasteiger partial charge in [-0.25, -0.2) is 4.98 Å². The van der Waals surface area contributed by atoms with Crippen molar-refractivity contribution in [2.75, 3.05) is 6.54 Å². The molecule has 0 fully saturated rings. The molecule has 0 saturated carbocycles. The van der Waals surface area contributed by atoms with E-state index in [1.165, 1.54) is 17.8 Å². The molecule has 0 aromatic carbocycles. The molecule has 2 heterocycles. The quantitative estimate of drug-likeness (QED) is 0.869. The minimum atomic E-state index is -0.000130. The van der Waals surface area contributed by atoms with Crippen LogP contribution in [0.3, 0.4) is 0 Å². The molecule has 20 heavy (non-hydrogen) atoms. The molecule has 5 heteroatoms. The predicted molar refractivity (Wildman–Crippen MR) is 84.2 cm³/mol. The summed E-state index contributed by atoms with van der Waals surface area (Å²) in [5, 5.41) is 5.97. The highest BCUT2D eigenvalue weighted by molar-refractivity contribution is 7.21. The van der Waals surface area contributed by atoms with E-state index in [0.717, 1.165) is 29.3 Å². The van der Waals surface area contributed by atoms with Crippen LogP contribution in [0.1, 0.15) is 28.9 Å². The molecule has 3 rings (SSSR count). The average molecular weight is 304 g/mol. The fraction of sp³-hybridized carbons (Fsp3) is 0.333. The van der Waals surface area contributed by atoms with Crippen molar-refractivity contribution >= 4 is 28.6 Å². The number of thiophene rings is 1. The Hall–Kier alpha value is -1.46. The molecule has 0 spiro atoms. The third-order valence-electron chi connectivity index (χ3n) is 3.39. The molecule has 2 aromatic rings. The van der Waals surface area contributed by atoms with Gasteiger partial charge in [0.15, 0.2) is 0 Å². The summed E-state index contributed by atoms with van der Waals surface area (Å²) in [6.07, 6.45) is 9.47. The molecule has 1 aliphatic carbocycles. The first kappa shape index (κ1) is 13.5. The lowest BCUT2D eigenvalue weighted by atomic mass is 9.94. The molecule has 2 aromatic heterocycles. The molecule has 0 saturated heterocycles. The minimum absolute atomic E-state index is 0.000130. The summed E-state index contributed by atoms with van der Waals surface area (Å²) in [4.78, 5) is 18.3. The number of thiazole rings is 1. The average Bonchev–Trinajstić information content (AvgIpc) is 3.16. The maximum Gasteiger partial charge on any atom is 0.263 e. The Labute approximate surface area is 126 Å². The van der Waals surface area contributed by atoms with Crippen LogP contribution in [0.5, 0.6) is 0 Å². The number of nitrogens with zero attached hydrogens (tertiary/aromatic N) is 1. The van der Waals surface area contributed by atoms with Crippen LogP contribution in [-0.4, -0.2) is 17.4 Å². The maximum atomic E-state index is 12.1. The summed E-state index contributed by atoms with van der Waals surface area (Å²) in [6, 6.07) is 4.03. The van der Waals surface area contributed by atoms with Crippen molar-refractivity contribution in [1.82, 2.24) is 10.3 Å². The van der Waals surface area contributed by atoms with E-state index in [4.69, 9.17) is 0 Å². The Kier molecular flexibility index (Phi) is 4.28. The number of hydrogen-bond acceptors (Lipinski definition) is 4. The summed E-state index contributed by atoms with van der Waals surface area (Å²) in [7, 11) is 0. The van der Waals surface area contributed by atoms with Gasteiger partial charge in [0.2, 0.25) is 0 Å². The smallest absolute Gasteiger partial charge is 0.263 e. The lowest BCUT2D eigenvalue weighted by Crippen LogP contribution is -2.29. The second-order valence-corrected chi connectivity index (χ2v) is 6.85. The Morgan fingerprint density at radius 2 is 2.40 bits per heavy atom. The van der Waals surface area contributed by atoms with Gasteiger partial charge in [-0.3, -0.25) is 4.79 Å². The van der Waals surface area contributed by atoms with Gasteiger partial charge in [0.1, 0.15) is 9.88 Å². The van der Waals surface area contributed by atoms with Gasteiger partial charge in [0.05, 0.1) is 11.1 Å². The standard InChI is InChI=1S/C15H16N2OS2/c18-14(16-9-11-5-2-1-3-6-11)13-10-17-15(20-13)12-7-4-8-19-12/h1-2,4,7-8,10-11H,3,5-6,9H2,(H,16,18). The Balaban J connectivity index is 1.58. The third-order valence-corrected chi connectivity index (χ3v) is 5.43. The first-order chi connectivity index (χ1) is 9.83. The van der Waals surface area contributed by atoms with Crippen molar-refractivity contribution in [3.63, 3.8) is 0 Å². The zero-order valence-corrected chi connectivity index (χ0v) is 12.7. The van der Waals surface area contributed by atoms with Crippen molar-refractivity contribution in [3.8, 4) is 9.88 Å². The highest BCUT2D eigenvalue weighted by atomic mass is 32.1. The van der Waals surface area contributed by atoms with E-state index in [1.807, 2.05) is 17.5 Å². The van der Waals surface area contributed by atoms with Crippen molar-refractivity contribution in [1.29, 1.82) is 0 Å². The molecule has 104 valence electrons. The zero-order chi connectivity index (χ0) is 13.8. The van der Waals surface area contributed by atoms with Gasteiger partial charge in [-0.05, 0) is 36.6 Å². The molecule has 1 N–H and O–H groups in total. The van der Waals surface area contributed by atoms with Crippen LogP contribution in [0.2, 0.25) is 0 Å². The van der Waals surface area contributed by atoms with E-state index in [-0.39, 0.29) is 5.91 Å². The number of carbonyl (C=O) groups is 1. The van der Waals surface area contributed by atoms with Crippen molar-refractivity contribution in [2.24, 2.45) is 5.92 Å². The van der Waals surface area contributed by atoms with Crippen LogP contribution in [0.25, 0.3) is 9.88 Å². The molecule has 0 bridgehead atoms. The topological polar surface area (TPSA) is 42.0 Å². The van der Waals surface area contributed by atoms with Crippen LogP contribution in [0, 0.1) is 5.92 Å². The number of carbonyl (C=O) groups excluding carboxylic acids is 1. The van der Waals surface area contributed by atoms with Gasteiger partial charge in [-0.1, -0.05) is 18.2 Å². The van der Waals surface area contributed by atoms with Gasteiger partial charge in [-0.15, -0.1) is 22.7 Å². The maximum absolute atomic E-state index is 12.1. The Bertz CT molecular complexity index is 601. The van der Waals surface area contributed by atoms with Crippen LogP contribution >= 0.6 is 22.7 Å². The first-order valence-corrected chi connectivity index (χ1v) is 8.45. The van der Waals surface area contributed by atoms with E-state index in [9.17, 15) is 4.79 Å². The van der Waals surface area contributed by atoms with Crippen LogP contribution in [0.4, 0.5) is 0 Å². The van der Waals surface area contributed by atoms with Gasteiger partial charge >= 0.3 is 0 Å². The molecule has 1 amide bonds. The molecule has 1 atom stereocenters. The molecule has 0 aliphatic heterocycles. The highest BCUT2D eigenvalue weighted by Crippen LogP contribution is 2.28. The lowest BCUT2D eigenvalue weighted by molar-refractivity contribution is 0.0950. The molecule has 0 radical (unpaired) electrons. The van der Waals surface area contributed by atoms with Crippen LogP contribution in [0.15, 0.2) is 35.9 Å². The van der Waals surface area contributed by atoms with Gasteiger partial charge < -0.3 is 5.32 Å². The normalized spacial score (nSPS) is 18.1. The summed E-state index contributed by atoms with van der Waals surface area (Å²) in [5.41, 5.74) is 0. The second-order valence-electron chi connectivity index (χ2n) is 4.87. The lowest BCUT2D eigenvalue weighted by Gasteiger charge is -2.17. The predicted octanol–water partition coefficient (Wildman–Crippen LogP) is 3.96. The monoisotopic (exact) mass is 304 g/mol. The summed E-state index contributed by atoms with van der Waals surface area (Å²) >= 11 is 3.10. The van der Waals surface area contributed by atoms with E-state index < -0.39 is 0 Å². The molecular formula is C15H16N2OS2. The van der Waals surface area contributed by atoms with Crippen molar-refractivity contribution in [3.05, 3.63) is 40.7 Å². The van der Waals surface area contributed by atoms with E-state index in [2.05, 4.69) is 22.5 Å². The van der Waals surface area contributed by atoms with E-state index in [0.29, 0.717) is 10.8 Å². The minimum Gasteiger partial charge on any atom is -0.351 e. The third kappa shape index (κ3) is 3.16. The number of allylic oxidation sites excluding steroid dienone is 2. The summed E-state index contributed by atoms with van der Waals surface area (Å²) in [6.45, 7) is 0.759. The number of rotatable bonds is 4. The van der Waals surface area contributed by atoms with Crippen LogP contribution in [-0.2, 0) is 0 Å². The van der Waals surface area contributed by atoms with Gasteiger partial charge in [0.25, 0.3) is 5.91 Å². The SMILES string of the molecule is O=C(NCC1CC=CCC1)c1cnc(-c2cccs2)s1. The largest absolute Gasteiger partial charge is 0.351 e. The Morgan fingerprint density at radius 3 is 3.15 bits per heavy atom. The Morgan fingerprint density at radius 1 is 1.45 bits per heavy atom. The second kappa shape index (κ2) is 6.33. The molecule has 1 unspecified atom stereocenters. The van der Waals surface area contributed by atoms with Gasteiger partial charge in [0, 0.05) is 6.54 Å². The number of nitrogens with one attached hydrogen (secondary N) is 1. The first-order valence-electron chi connectivity index (χ1n) is 6.76. The molecule has 3 nitrogen and oxygen atoms in total. The van der Waals surface area contributed by atoms with Crippen molar-refractivity contribution < 1.29 is 4.79 Å². The summed E-state index contributed by atoms with van der Waals surface area (Å²) < 4.78 is 0. The molecule has 1 aliphatic rings. The van der Waals surface area contributed by atoms with Gasteiger partial charge in [-0.2, -0.15) is 0 Å².